The van der Waals surface area contributed by atoms with Crippen LogP contribution >= 0.6 is 0 Å². The molecule has 0 bridgehead atoms. The number of hydrogen-bond acceptors (Lipinski definition) is 2. The molecule has 2 heterocycles. The average molecular weight is 466 g/mol. The second-order valence-electron chi connectivity index (χ2n) is 6.72. The first-order valence-corrected chi connectivity index (χ1v) is 13.2. The molecule has 0 aromatic heterocycles. The molecule has 1 unspecified atom stereocenters. The van der Waals surface area contributed by atoms with Crippen LogP contribution in [-0.2, 0) is 9.47 Å². The Morgan fingerprint density at radius 1 is 0.720 bits per heavy atom. The molecule has 0 amide bonds. The predicted octanol–water partition coefficient (Wildman–Crippen LogP) is 2.94. The summed E-state index contributed by atoms with van der Waals surface area (Å²) in [5, 5.41) is 2.33. The van der Waals surface area contributed by atoms with Crippen molar-refractivity contribution in [2.45, 2.75) is 54.3 Å². The van der Waals surface area contributed by atoms with Crippen molar-refractivity contribution in [3.8, 4) is 0 Å². The Labute approximate surface area is 163 Å². The molecule has 0 saturated carbocycles. The Balaban J connectivity index is 1.24. The summed E-state index contributed by atoms with van der Waals surface area (Å²) in [5.41, 5.74) is 0. The first-order chi connectivity index (χ1) is 12.3. The maximum absolute atomic E-state index is 6.41. The minimum absolute atomic E-state index is 0.255. The molecule has 2 saturated heterocycles. The van der Waals surface area contributed by atoms with E-state index in [0.717, 1.165) is 25.7 Å². The van der Waals surface area contributed by atoms with Gasteiger partial charge in [-0.15, -0.1) is 0 Å². The van der Waals surface area contributed by atoms with Crippen molar-refractivity contribution in [1.82, 2.24) is 0 Å². The third-order valence-corrected chi connectivity index (χ3v) is 9.62. The van der Waals surface area contributed by atoms with E-state index < -0.39 is 0 Å². The molecule has 0 aliphatic carbocycles. The van der Waals surface area contributed by atoms with Crippen LogP contribution in [0.5, 0.6) is 0 Å². The first kappa shape index (κ1) is 17.8. The van der Waals surface area contributed by atoms with Gasteiger partial charge >= 0.3 is 163 Å². The van der Waals surface area contributed by atoms with Gasteiger partial charge in [-0.25, -0.2) is 0 Å². The van der Waals surface area contributed by atoms with Crippen molar-refractivity contribution in [1.29, 1.82) is 0 Å². The SMILES string of the molecule is c1ccc([Se]C[C@H]2CCC3(CC[C@@H](C[Se]c4ccccc4)O3)O2)cc1. The van der Waals surface area contributed by atoms with Gasteiger partial charge in [0.15, 0.2) is 0 Å². The second-order valence-corrected chi connectivity index (χ2v) is 11.3. The van der Waals surface area contributed by atoms with Gasteiger partial charge in [0.1, 0.15) is 0 Å². The van der Waals surface area contributed by atoms with Gasteiger partial charge in [0, 0.05) is 0 Å². The summed E-state index contributed by atoms with van der Waals surface area (Å²) in [6.07, 6.45) is 5.25. The van der Waals surface area contributed by atoms with Crippen molar-refractivity contribution in [2.24, 2.45) is 0 Å². The molecule has 2 aliphatic rings. The van der Waals surface area contributed by atoms with E-state index in [1.54, 1.807) is 0 Å². The van der Waals surface area contributed by atoms with Crippen LogP contribution in [0.1, 0.15) is 25.7 Å². The van der Waals surface area contributed by atoms with E-state index in [1.807, 2.05) is 0 Å². The zero-order valence-electron chi connectivity index (χ0n) is 14.3. The number of benzene rings is 2. The molecule has 2 aromatic carbocycles. The van der Waals surface area contributed by atoms with Crippen LogP contribution in [0.3, 0.4) is 0 Å². The fourth-order valence-corrected chi connectivity index (χ4v) is 7.56. The maximum atomic E-state index is 6.41. The predicted molar refractivity (Wildman–Crippen MR) is 104 cm³/mol. The molecule has 2 nitrogen and oxygen atoms in total. The fraction of sp³-hybridized carbons (Fsp3) is 0.429. The minimum atomic E-state index is -0.255. The number of rotatable bonds is 6. The molecule has 4 heteroatoms. The summed E-state index contributed by atoms with van der Waals surface area (Å²) in [7, 11) is 0. The van der Waals surface area contributed by atoms with Gasteiger partial charge in [-0.3, -0.25) is 0 Å². The van der Waals surface area contributed by atoms with Crippen molar-refractivity contribution < 1.29 is 9.47 Å². The topological polar surface area (TPSA) is 18.5 Å². The van der Waals surface area contributed by atoms with Crippen molar-refractivity contribution in [3.05, 3.63) is 60.7 Å². The zero-order valence-corrected chi connectivity index (χ0v) is 17.7. The standard InChI is InChI=1S/C21H24O2Se2/c1-3-7-19(8-4-1)24-15-17-11-13-21(22-17)14-12-18(23-21)16-25-20-9-5-2-6-10-20/h1-10,17-18H,11-16H2/t17-,18+,21?. The molecule has 4 rings (SSSR count). The molecule has 25 heavy (non-hydrogen) atoms. The summed E-state index contributed by atoms with van der Waals surface area (Å²) in [6, 6.07) is 21.6. The molecule has 3 atom stereocenters. The van der Waals surface area contributed by atoms with Crippen molar-refractivity contribution in [3.63, 3.8) is 0 Å². The number of ether oxygens (including phenoxy) is 2. The Bertz CT molecular complexity index is 603. The summed E-state index contributed by atoms with van der Waals surface area (Å²) < 4.78 is 15.8. The normalized spacial score (nSPS) is 28.6. The van der Waals surface area contributed by atoms with E-state index in [1.165, 1.54) is 19.6 Å². The quantitative estimate of drug-likeness (QED) is 0.610. The van der Waals surface area contributed by atoms with E-state index in [-0.39, 0.29) is 5.79 Å². The van der Waals surface area contributed by atoms with Gasteiger partial charge < -0.3 is 0 Å². The van der Waals surface area contributed by atoms with Crippen LogP contribution in [0.25, 0.3) is 0 Å². The van der Waals surface area contributed by atoms with E-state index in [9.17, 15) is 0 Å². The second kappa shape index (κ2) is 8.39. The van der Waals surface area contributed by atoms with Crippen molar-refractivity contribution >= 4 is 38.8 Å². The number of hydrogen-bond donors (Lipinski definition) is 0. The summed E-state index contributed by atoms with van der Waals surface area (Å²) in [5.74, 6) is -0.255. The Morgan fingerprint density at radius 2 is 1.16 bits per heavy atom. The Morgan fingerprint density at radius 3 is 1.60 bits per heavy atom. The van der Waals surface area contributed by atoms with E-state index >= 15 is 0 Å². The molecule has 132 valence electrons. The Kier molecular flexibility index (Phi) is 5.97. The molecule has 2 aromatic rings. The third kappa shape index (κ3) is 4.77. The van der Waals surface area contributed by atoms with Gasteiger partial charge in [-0.2, -0.15) is 0 Å². The van der Waals surface area contributed by atoms with E-state index in [4.69, 9.17) is 9.47 Å². The Hall–Kier alpha value is -0.601. The van der Waals surface area contributed by atoms with Gasteiger partial charge in [0.25, 0.3) is 0 Å². The molecule has 0 N–H and O–H groups in total. The summed E-state index contributed by atoms with van der Waals surface area (Å²) in [4.78, 5) is 0. The van der Waals surface area contributed by atoms with Gasteiger partial charge in [0.05, 0.1) is 0 Å². The van der Waals surface area contributed by atoms with Gasteiger partial charge in [0.2, 0.25) is 0 Å². The summed E-state index contributed by atoms with van der Waals surface area (Å²) in [6.45, 7) is 0. The zero-order chi connectivity index (χ0) is 17.0. The van der Waals surface area contributed by atoms with Crippen LogP contribution in [0, 0.1) is 0 Å². The monoisotopic (exact) mass is 468 g/mol. The van der Waals surface area contributed by atoms with Crippen LogP contribution in [-0.4, -0.2) is 47.9 Å². The molecule has 2 aliphatic heterocycles. The van der Waals surface area contributed by atoms with Crippen LogP contribution in [0.2, 0.25) is 10.6 Å². The molecule has 0 radical (unpaired) electrons. The van der Waals surface area contributed by atoms with Gasteiger partial charge in [-0.1, -0.05) is 0 Å². The van der Waals surface area contributed by atoms with Crippen molar-refractivity contribution in [2.75, 3.05) is 0 Å². The van der Waals surface area contributed by atoms with Crippen LogP contribution in [0.4, 0.5) is 0 Å². The van der Waals surface area contributed by atoms with E-state index in [0.29, 0.717) is 42.1 Å². The van der Waals surface area contributed by atoms with Crippen LogP contribution in [0.15, 0.2) is 60.7 Å². The molecular weight excluding hydrogens is 442 g/mol. The third-order valence-electron chi connectivity index (χ3n) is 4.82. The first-order valence-electron chi connectivity index (χ1n) is 9.03. The molecular formula is C21H24O2Se2. The molecule has 1 spiro atoms. The summed E-state index contributed by atoms with van der Waals surface area (Å²) >= 11 is 1.01. The van der Waals surface area contributed by atoms with Gasteiger partial charge in [-0.05, 0) is 0 Å². The van der Waals surface area contributed by atoms with E-state index in [2.05, 4.69) is 60.7 Å². The fourth-order valence-electron chi connectivity index (χ4n) is 3.52. The average Bonchev–Trinajstić information content (AvgIpc) is 3.26. The molecule has 2 fully saturated rings. The van der Waals surface area contributed by atoms with Crippen LogP contribution < -0.4 is 8.92 Å².